The highest BCUT2D eigenvalue weighted by molar-refractivity contribution is 9.11. The highest BCUT2D eigenvalue weighted by atomic mass is 79.9. The summed E-state index contributed by atoms with van der Waals surface area (Å²) in [4.78, 5) is 1.20. The minimum Gasteiger partial charge on any atom is -0.399 e. The quantitative estimate of drug-likeness (QED) is 0.762. The molecule has 2 aromatic rings. The summed E-state index contributed by atoms with van der Waals surface area (Å²) < 4.78 is 1.10. The fourth-order valence-corrected chi connectivity index (χ4v) is 3.44. The van der Waals surface area contributed by atoms with Crippen molar-refractivity contribution >= 4 is 61.8 Å². The monoisotopic (exact) mass is 350 g/mol. The van der Waals surface area contributed by atoms with Gasteiger partial charge in [0.2, 0.25) is 0 Å². The molecule has 0 aliphatic heterocycles. The van der Waals surface area contributed by atoms with Crippen molar-refractivity contribution in [3.8, 4) is 0 Å². The molecule has 1 aromatic heterocycles. The van der Waals surface area contributed by atoms with Crippen LogP contribution >= 0.6 is 50.5 Å². The van der Waals surface area contributed by atoms with Gasteiger partial charge in [-0.1, -0.05) is 23.2 Å². The first kappa shape index (κ1) is 13.0. The number of anilines is 2. The van der Waals surface area contributed by atoms with Gasteiger partial charge in [0.15, 0.2) is 0 Å². The largest absolute Gasteiger partial charge is 0.399 e. The molecule has 0 spiro atoms. The molecule has 0 bridgehead atoms. The molecule has 3 N–H and O–H groups in total. The number of hydrogen-bond donors (Lipinski definition) is 2. The van der Waals surface area contributed by atoms with Crippen LogP contribution in [0.2, 0.25) is 10.0 Å². The lowest BCUT2D eigenvalue weighted by atomic mass is 10.2. The molecule has 1 aromatic carbocycles. The minimum atomic E-state index is 0.533. The zero-order chi connectivity index (χ0) is 12.4. The molecule has 2 nitrogen and oxygen atoms in total. The van der Waals surface area contributed by atoms with Gasteiger partial charge >= 0.3 is 0 Å². The molecule has 0 atom stereocenters. The molecule has 0 aliphatic rings. The van der Waals surface area contributed by atoms with Crippen molar-refractivity contribution in [1.82, 2.24) is 0 Å². The maximum Gasteiger partial charge on any atom is 0.0723 e. The molecule has 0 unspecified atom stereocenters. The summed E-state index contributed by atoms with van der Waals surface area (Å²) in [5, 5.41) is 4.27. The Morgan fingerprint density at radius 2 is 1.88 bits per heavy atom. The molecule has 1 heterocycles. The molecule has 2 rings (SSSR count). The first-order valence-corrected chi connectivity index (χ1v) is 7.15. The number of nitrogens with two attached hydrogens (primary N) is 1. The van der Waals surface area contributed by atoms with Crippen LogP contribution in [0.5, 0.6) is 0 Å². The predicted octanol–water partition coefficient (Wildman–Crippen LogP) is 5.01. The zero-order valence-electron chi connectivity index (χ0n) is 8.64. The van der Waals surface area contributed by atoms with Crippen molar-refractivity contribution in [1.29, 1.82) is 0 Å². The van der Waals surface area contributed by atoms with Crippen LogP contribution in [0.4, 0.5) is 11.4 Å². The highest BCUT2D eigenvalue weighted by Gasteiger charge is 2.07. The van der Waals surface area contributed by atoms with E-state index >= 15 is 0 Å². The number of nitrogens with one attached hydrogen (secondary N) is 1. The van der Waals surface area contributed by atoms with E-state index in [1.54, 1.807) is 23.5 Å². The van der Waals surface area contributed by atoms with Gasteiger partial charge in [-0.05, 0) is 40.2 Å². The molecule has 6 heteroatoms. The molecule has 0 radical (unpaired) electrons. The van der Waals surface area contributed by atoms with Gasteiger partial charge in [0.1, 0.15) is 0 Å². The molecule has 0 saturated carbocycles. The fourth-order valence-electron chi connectivity index (χ4n) is 1.38. The molecule has 0 fully saturated rings. The van der Waals surface area contributed by atoms with Gasteiger partial charge in [0.05, 0.1) is 19.5 Å². The lowest BCUT2D eigenvalue weighted by Gasteiger charge is -2.10. The van der Waals surface area contributed by atoms with Crippen molar-refractivity contribution < 1.29 is 0 Å². The highest BCUT2D eigenvalue weighted by Crippen LogP contribution is 2.33. The van der Waals surface area contributed by atoms with Gasteiger partial charge in [-0.25, -0.2) is 0 Å². The Labute approximate surface area is 122 Å². The Bertz CT molecular complexity index is 519. The normalized spacial score (nSPS) is 10.5. The average molecular weight is 352 g/mol. The SMILES string of the molecule is Nc1cc(Cl)c(NCc2ccc(Br)s2)c(Cl)c1. The maximum absolute atomic E-state index is 6.07. The van der Waals surface area contributed by atoms with Crippen molar-refractivity contribution in [2.24, 2.45) is 0 Å². The predicted molar refractivity (Wildman–Crippen MR) is 80.2 cm³/mol. The number of rotatable bonds is 3. The topological polar surface area (TPSA) is 38.0 Å². The number of hydrogen-bond acceptors (Lipinski definition) is 3. The first-order chi connectivity index (χ1) is 8.06. The molecular weight excluding hydrogens is 343 g/mol. The average Bonchev–Trinajstić information content (AvgIpc) is 2.62. The van der Waals surface area contributed by atoms with E-state index in [0.29, 0.717) is 28.0 Å². The van der Waals surface area contributed by atoms with Gasteiger partial charge in [0.25, 0.3) is 0 Å². The number of halogens is 3. The van der Waals surface area contributed by atoms with E-state index in [1.165, 1.54) is 4.88 Å². The lowest BCUT2D eigenvalue weighted by Crippen LogP contribution is -1.99. The van der Waals surface area contributed by atoms with E-state index < -0.39 is 0 Å². The number of benzene rings is 1. The van der Waals surface area contributed by atoms with Crippen LogP contribution in [0.25, 0.3) is 0 Å². The van der Waals surface area contributed by atoms with Crippen LogP contribution in [0.1, 0.15) is 4.88 Å². The van der Waals surface area contributed by atoms with Gasteiger partial charge < -0.3 is 11.1 Å². The van der Waals surface area contributed by atoms with E-state index in [9.17, 15) is 0 Å². The minimum absolute atomic E-state index is 0.533. The summed E-state index contributed by atoms with van der Waals surface area (Å²) in [5.41, 5.74) is 6.91. The van der Waals surface area contributed by atoms with Gasteiger partial charge in [-0.15, -0.1) is 11.3 Å². The Hall–Kier alpha value is -0.420. The first-order valence-electron chi connectivity index (χ1n) is 4.79. The third kappa shape index (κ3) is 3.28. The Morgan fingerprint density at radius 3 is 2.41 bits per heavy atom. The molecule has 90 valence electrons. The van der Waals surface area contributed by atoms with Crippen LogP contribution in [0.3, 0.4) is 0 Å². The summed E-state index contributed by atoms with van der Waals surface area (Å²) in [5.74, 6) is 0. The molecule has 0 amide bonds. The van der Waals surface area contributed by atoms with Crippen LogP contribution in [-0.4, -0.2) is 0 Å². The second-order valence-electron chi connectivity index (χ2n) is 3.42. The van der Waals surface area contributed by atoms with Gasteiger partial charge in [-0.3, -0.25) is 0 Å². The summed E-state index contributed by atoms with van der Waals surface area (Å²) in [6, 6.07) is 7.41. The van der Waals surface area contributed by atoms with Crippen molar-refractivity contribution in [2.75, 3.05) is 11.1 Å². The van der Waals surface area contributed by atoms with E-state index in [2.05, 4.69) is 21.2 Å². The zero-order valence-corrected chi connectivity index (χ0v) is 12.6. The van der Waals surface area contributed by atoms with E-state index in [4.69, 9.17) is 28.9 Å². The third-order valence-electron chi connectivity index (χ3n) is 2.13. The number of thiophene rings is 1. The summed E-state index contributed by atoms with van der Waals surface area (Å²) >= 11 is 17.2. The Morgan fingerprint density at radius 1 is 1.24 bits per heavy atom. The van der Waals surface area contributed by atoms with Crippen LogP contribution in [-0.2, 0) is 6.54 Å². The fraction of sp³-hybridized carbons (Fsp3) is 0.0909. The van der Waals surface area contributed by atoms with Crippen LogP contribution in [0, 0.1) is 0 Å². The van der Waals surface area contributed by atoms with Crippen molar-refractivity contribution in [2.45, 2.75) is 6.54 Å². The van der Waals surface area contributed by atoms with E-state index in [0.717, 1.165) is 3.79 Å². The van der Waals surface area contributed by atoms with Crippen molar-refractivity contribution in [3.63, 3.8) is 0 Å². The second kappa shape index (κ2) is 5.48. The second-order valence-corrected chi connectivity index (χ2v) is 6.78. The van der Waals surface area contributed by atoms with Crippen LogP contribution in [0.15, 0.2) is 28.1 Å². The standard InChI is InChI=1S/C11H9BrCl2N2S/c12-10-2-1-7(17-10)5-16-11-8(13)3-6(15)4-9(11)14/h1-4,16H,5,15H2. The van der Waals surface area contributed by atoms with Crippen molar-refractivity contribution in [3.05, 3.63) is 43.0 Å². The van der Waals surface area contributed by atoms with E-state index in [1.807, 2.05) is 12.1 Å². The maximum atomic E-state index is 6.07. The van der Waals surface area contributed by atoms with E-state index in [-0.39, 0.29) is 0 Å². The van der Waals surface area contributed by atoms with Gasteiger partial charge in [0, 0.05) is 17.1 Å². The summed E-state index contributed by atoms with van der Waals surface area (Å²) in [6.45, 7) is 0.680. The lowest BCUT2D eigenvalue weighted by molar-refractivity contribution is 1.19. The van der Waals surface area contributed by atoms with Crippen LogP contribution < -0.4 is 11.1 Å². The molecular formula is C11H9BrCl2N2S. The molecule has 0 saturated heterocycles. The summed E-state index contributed by atoms with van der Waals surface area (Å²) in [7, 11) is 0. The van der Waals surface area contributed by atoms with Gasteiger partial charge in [-0.2, -0.15) is 0 Å². The molecule has 17 heavy (non-hydrogen) atoms. The number of nitrogen functional groups attached to an aromatic ring is 1. The smallest absolute Gasteiger partial charge is 0.0723 e. The third-order valence-corrected chi connectivity index (χ3v) is 4.35. The molecule has 0 aliphatic carbocycles. The Balaban J connectivity index is 2.14. The Kier molecular flexibility index (Phi) is 4.20. The summed E-state index contributed by atoms with van der Waals surface area (Å²) in [6.07, 6.45) is 0.